The van der Waals surface area contributed by atoms with Crippen LogP contribution in [0.3, 0.4) is 0 Å². The molecule has 140 valence electrons. The summed E-state index contributed by atoms with van der Waals surface area (Å²) in [7, 11) is 0. The number of rotatable bonds is 3. The molecule has 1 fully saturated rings. The summed E-state index contributed by atoms with van der Waals surface area (Å²) in [6.07, 6.45) is 8.13. The molecule has 0 spiro atoms. The summed E-state index contributed by atoms with van der Waals surface area (Å²) in [4.78, 5) is 19.6. The smallest absolute Gasteiger partial charge is 0.350 e. The fraction of sp³-hybridized carbons (Fsp3) is 0.421. The SMILES string of the molecule is O=c1n(Cc2ccc3c(c2)OCO3)nc2c(N3CCCCCC3)nccn12. The Hall–Kier alpha value is -3.03. The van der Waals surface area contributed by atoms with E-state index in [0.29, 0.717) is 17.9 Å². The summed E-state index contributed by atoms with van der Waals surface area (Å²) in [6.45, 7) is 2.51. The quantitative estimate of drug-likeness (QED) is 0.705. The van der Waals surface area contributed by atoms with Crippen molar-refractivity contribution in [1.82, 2.24) is 19.2 Å². The second-order valence-electron chi connectivity index (χ2n) is 6.97. The summed E-state index contributed by atoms with van der Waals surface area (Å²) in [6, 6.07) is 5.69. The Balaban J connectivity index is 1.51. The van der Waals surface area contributed by atoms with Crippen molar-refractivity contribution in [3.05, 3.63) is 46.6 Å². The normalized spacial score (nSPS) is 16.7. The molecule has 0 radical (unpaired) electrons. The van der Waals surface area contributed by atoms with Crippen LogP contribution in [0, 0.1) is 0 Å². The third-order valence-corrected chi connectivity index (χ3v) is 5.16. The van der Waals surface area contributed by atoms with Crippen molar-refractivity contribution in [1.29, 1.82) is 0 Å². The molecule has 0 unspecified atom stereocenters. The first-order valence-electron chi connectivity index (χ1n) is 9.37. The van der Waals surface area contributed by atoms with E-state index in [2.05, 4.69) is 15.0 Å². The Labute approximate surface area is 156 Å². The molecule has 2 aliphatic rings. The van der Waals surface area contributed by atoms with E-state index in [-0.39, 0.29) is 12.5 Å². The second-order valence-corrected chi connectivity index (χ2v) is 6.97. The van der Waals surface area contributed by atoms with Gasteiger partial charge in [0.15, 0.2) is 17.3 Å². The lowest BCUT2D eigenvalue weighted by atomic mass is 10.2. The molecule has 0 bridgehead atoms. The molecule has 0 aliphatic carbocycles. The molecular weight excluding hydrogens is 346 g/mol. The van der Waals surface area contributed by atoms with Crippen molar-refractivity contribution in [2.24, 2.45) is 0 Å². The van der Waals surface area contributed by atoms with Crippen LogP contribution in [0.4, 0.5) is 5.82 Å². The standard InChI is InChI=1S/C19H21N5O3/c25-19-23-10-7-20-17(22-8-3-1-2-4-9-22)18(23)21-24(19)12-14-5-6-15-16(11-14)27-13-26-15/h5-7,10-11H,1-4,8-9,12-13H2. The van der Waals surface area contributed by atoms with E-state index < -0.39 is 0 Å². The third-order valence-electron chi connectivity index (χ3n) is 5.16. The van der Waals surface area contributed by atoms with Gasteiger partial charge in [0.1, 0.15) is 0 Å². The predicted molar refractivity (Wildman–Crippen MR) is 99.6 cm³/mol. The Morgan fingerprint density at radius 3 is 2.70 bits per heavy atom. The molecule has 2 aromatic heterocycles. The molecular formula is C19H21N5O3. The lowest BCUT2D eigenvalue weighted by Crippen LogP contribution is -2.26. The lowest BCUT2D eigenvalue weighted by Gasteiger charge is -2.21. The van der Waals surface area contributed by atoms with Crippen LogP contribution in [-0.4, -0.2) is 39.0 Å². The van der Waals surface area contributed by atoms with Gasteiger partial charge in [0, 0.05) is 25.5 Å². The second kappa shape index (κ2) is 6.61. The maximum absolute atomic E-state index is 12.8. The van der Waals surface area contributed by atoms with Crippen molar-refractivity contribution in [2.75, 3.05) is 24.8 Å². The lowest BCUT2D eigenvalue weighted by molar-refractivity contribution is 0.174. The molecule has 2 aliphatic heterocycles. The number of hydrogen-bond acceptors (Lipinski definition) is 6. The van der Waals surface area contributed by atoms with Crippen LogP contribution >= 0.6 is 0 Å². The Morgan fingerprint density at radius 2 is 1.85 bits per heavy atom. The van der Waals surface area contributed by atoms with Crippen molar-refractivity contribution in [3.63, 3.8) is 0 Å². The van der Waals surface area contributed by atoms with Crippen LogP contribution in [0.1, 0.15) is 31.2 Å². The van der Waals surface area contributed by atoms with E-state index in [0.717, 1.165) is 43.1 Å². The number of fused-ring (bicyclic) bond motifs is 2. The summed E-state index contributed by atoms with van der Waals surface area (Å²) in [5, 5.41) is 4.60. The molecule has 0 N–H and O–H groups in total. The number of benzene rings is 1. The van der Waals surface area contributed by atoms with Crippen LogP contribution in [-0.2, 0) is 6.54 Å². The van der Waals surface area contributed by atoms with Gasteiger partial charge in [-0.1, -0.05) is 18.9 Å². The third kappa shape index (κ3) is 2.90. The molecule has 8 heteroatoms. The zero-order valence-electron chi connectivity index (χ0n) is 15.0. The first-order chi connectivity index (χ1) is 13.3. The highest BCUT2D eigenvalue weighted by atomic mass is 16.7. The van der Waals surface area contributed by atoms with Gasteiger partial charge in [-0.3, -0.25) is 0 Å². The van der Waals surface area contributed by atoms with Gasteiger partial charge in [-0.05, 0) is 30.5 Å². The molecule has 1 saturated heterocycles. The minimum absolute atomic E-state index is 0.166. The fourth-order valence-corrected chi connectivity index (χ4v) is 3.76. The van der Waals surface area contributed by atoms with E-state index >= 15 is 0 Å². The number of hydrogen-bond donors (Lipinski definition) is 0. The molecule has 1 aromatic carbocycles. The van der Waals surface area contributed by atoms with Crippen LogP contribution in [0.25, 0.3) is 5.65 Å². The number of anilines is 1. The van der Waals surface area contributed by atoms with Crippen molar-refractivity contribution >= 4 is 11.5 Å². The Bertz CT molecular complexity index is 1030. The monoisotopic (exact) mass is 367 g/mol. The number of aromatic nitrogens is 4. The van der Waals surface area contributed by atoms with Crippen molar-refractivity contribution in [3.8, 4) is 11.5 Å². The highest BCUT2D eigenvalue weighted by Gasteiger charge is 2.19. The van der Waals surface area contributed by atoms with Gasteiger partial charge in [0.25, 0.3) is 0 Å². The fourth-order valence-electron chi connectivity index (χ4n) is 3.76. The molecule has 0 amide bonds. The molecule has 3 aromatic rings. The number of nitrogens with zero attached hydrogens (tertiary/aromatic N) is 5. The predicted octanol–water partition coefficient (Wildman–Crippen LogP) is 2.05. The van der Waals surface area contributed by atoms with Crippen LogP contribution in [0.15, 0.2) is 35.4 Å². The summed E-state index contributed by atoms with van der Waals surface area (Å²) in [5.41, 5.74) is 1.39. The molecule has 0 atom stereocenters. The van der Waals surface area contributed by atoms with E-state index in [1.54, 1.807) is 16.8 Å². The highest BCUT2D eigenvalue weighted by molar-refractivity contribution is 5.63. The van der Waals surface area contributed by atoms with E-state index in [1.807, 2.05) is 18.2 Å². The van der Waals surface area contributed by atoms with E-state index in [9.17, 15) is 4.79 Å². The largest absolute Gasteiger partial charge is 0.454 e. The van der Waals surface area contributed by atoms with Crippen LogP contribution in [0.2, 0.25) is 0 Å². The average Bonchev–Trinajstić information content (AvgIpc) is 3.16. The average molecular weight is 367 g/mol. The van der Waals surface area contributed by atoms with Crippen LogP contribution < -0.4 is 20.1 Å². The van der Waals surface area contributed by atoms with Crippen LogP contribution in [0.5, 0.6) is 11.5 Å². The van der Waals surface area contributed by atoms with E-state index in [4.69, 9.17) is 9.47 Å². The Kier molecular flexibility index (Phi) is 3.95. The van der Waals surface area contributed by atoms with Gasteiger partial charge < -0.3 is 14.4 Å². The van der Waals surface area contributed by atoms with Gasteiger partial charge in [0.05, 0.1) is 6.54 Å². The number of ether oxygens (including phenoxy) is 2. The van der Waals surface area contributed by atoms with Gasteiger partial charge >= 0.3 is 5.69 Å². The van der Waals surface area contributed by atoms with Gasteiger partial charge in [0.2, 0.25) is 12.4 Å². The van der Waals surface area contributed by atoms with Gasteiger partial charge in [-0.25, -0.2) is 18.9 Å². The topological polar surface area (TPSA) is 73.9 Å². The van der Waals surface area contributed by atoms with Crippen molar-refractivity contribution < 1.29 is 9.47 Å². The zero-order valence-corrected chi connectivity index (χ0v) is 15.0. The van der Waals surface area contributed by atoms with Crippen molar-refractivity contribution in [2.45, 2.75) is 32.2 Å². The minimum Gasteiger partial charge on any atom is -0.454 e. The molecule has 0 saturated carbocycles. The molecule has 8 nitrogen and oxygen atoms in total. The molecule has 5 rings (SSSR count). The summed E-state index contributed by atoms with van der Waals surface area (Å²) >= 11 is 0. The molecule has 27 heavy (non-hydrogen) atoms. The maximum atomic E-state index is 12.8. The zero-order chi connectivity index (χ0) is 18.2. The Morgan fingerprint density at radius 1 is 1.04 bits per heavy atom. The summed E-state index contributed by atoms with van der Waals surface area (Å²) < 4.78 is 13.8. The van der Waals surface area contributed by atoms with Gasteiger partial charge in [-0.2, -0.15) is 0 Å². The first-order valence-corrected chi connectivity index (χ1v) is 9.37. The summed E-state index contributed by atoms with van der Waals surface area (Å²) in [5.74, 6) is 2.23. The maximum Gasteiger partial charge on any atom is 0.350 e. The van der Waals surface area contributed by atoms with E-state index in [1.165, 1.54) is 17.5 Å². The molecule has 4 heterocycles. The first kappa shape index (κ1) is 16.2. The highest BCUT2D eigenvalue weighted by Crippen LogP contribution is 2.32. The minimum atomic E-state index is -0.166. The van der Waals surface area contributed by atoms with Gasteiger partial charge in [-0.15, -0.1) is 5.10 Å².